The van der Waals surface area contributed by atoms with Crippen molar-refractivity contribution >= 4 is 5.78 Å². The summed E-state index contributed by atoms with van der Waals surface area (Å²) in [4.78, 5) is 17.0. The number of carbonyl (C=O) groups excluding carboxylic acids is 1. The molecule has 2 heterocycles. The third-order valence-electron chi connectivity index (χ3n) is 7.68. The van der Waals surface area contributed by atoms with Crippen molar-refractivity contribution < 1.29 is 14.3 Å². The molecule has 180 valence electrons. The number of ketones is 1. The zero-order valence-corrected chi connectivity index (χ0v) is 20.3. The first-order valence-electron chi connectivity index (χ1n) is 12.4. The number of hydrogen-bond acceptors (Lipinski definition) is 4. The number of benzene rings is 4. The van der Waals surface area contributed by atoms with Crippen LogP contribution in [-0.4, -0.2) is 30.9 Å². The van der Waals surface area contributed by atoms with Gasteiger partial charge in [0.25, 0.3) is 0 Å². The van der Waals surface area contributed by atoms with Crippen LogP contribution in [0.15, 0.2) is 109 Å². The van der Waals surface area contributed by atoms with E-state index >= 15 is 0 Å². The molecule has 0 aliphatic carbocycles. The van der Waals surface area contributed by atoms with Gasteiger partial charge in [0.2, 0.25) is 0 Å². The van der Waals surface area contributed by atoms with Gasteiger partial charge in [0.1, 0.15) is 17.6 Å². The van der Waals surface area contributed by atoms with Crippen LogP contribution in [0.4, 0.5) is 0 Å². The van der Waals surface area contributed by atoms with Crippen molar-refractivity contribution in [2.75, 3.05) is 20.2 Å². The smallest absolute Gasteiger partial charge is 0.178 e. The lowest BCUT2D eigenvalue weighted by molar-refractivity contribution is 0.0212. The average Bonchev–Trinajstić information content (AvgIpc) is 3.31. The van der Waals surface area contributed by atoms with Gasteiger partial charge in [-0.05, 0) is 41.0 Å². The largest absolute Gasteiger partial charge is 0.497 e. The van der Waals surface area contributed by atoms with Crippen LogP contribution in [0, 0.1) is 5.41 Å². The predicted octanol–water partition coefficient (Wildman–Crippen LogP) is 6.30. The molecule has 1 saturated heterocycles. The number of ether oxygens (including phenoxy) is 2. The molecule has 0 aromatic heterocycles. The van der Waals surface area contributed by atoms with Crippen LogP contribution in [0.2, 0.25) is 0 Å². The van der Waals surface area contributed by atoms with Gasteiger partial charge in [-0.15, -0.1) is 0 Å². The van der Waals surface area contributed by atoms with Crippen molar-refractivity contribution in [3.63, 3.8) is 0 Å². The zero-order chi connectivity index (χ0) is 24.5. The molecule has 4 aromatic carbocycles. The Kier molecular flexibility index (Phi) is 5.82. The summed E-state index contributed by atoms with van der Waals surface area (Å²) < 4.78 is 12.2. The molecule has 6 rings (SSSR count). The summed E-state index contributed by atoms with van der Waals surface area (Å²) in [6.07, 6.45) is -0.394. The number of hydrogen-bond donors (Lipinski definition) is 0. The molecule has 4 nitrogen and oxygen atoms in total. The Morgan fingerprint density at radius 3 is 2.22 bits per heavy atom. The van der Waals surface area contributed by atoms with Gasteiger partial charge < -0.3 is 9.47 Å². The first-order chi connectivity index (χ1) is 17.7. The summed E-state index contributed by atoms with van der Waals surface area (Å²) in [6.45, 7) is 2.17. The van der Waals surface area contributed by atoms with Gasteiger partial charge in [0.05, 0.1) is 18.1 Å². The van der Waals surface area contributed by atoms with Crippen LogP contribution in [0.1, 0.15) is 39.1 Å². The Bertz CT molecular complexity index is 1350. The van der Waals surface area contributed by atoms with E-state index in [0.29, 0.717) is 17.9 Å². The molecular formula is C32H29NO3. The van der Waals surface area contributed by atoms with E-state index in [1.807, 2.05) is 60.7 Å². The SMILES string of the molecule is COc1ccc([C@@H]2CN(Cc3ccccc3)C[C@@]23C(=O)c2ccccc2O[C@H]3c2ccccc2)cc1. The Morgan fingerprint density at radius 2 is 1.50 bits per heavy atom. The van der Waals surface area contributed by atoms with Gasteiger partial charge in [0, 0.05) is 25.6 Å². The number of methoxy groups -OCH3 is 1. The Morgan fingerprint density at radius 1 is 0.833 bits per heavy atom. The highest BCUT2D eigenvalue weighted by Crippen LogP contribution is 2.57. The normalized spacial score (nSPS) is 23.3. The van der Waals surface area contributed by atoms with E-state index < -0.39 is 11.5 Å². The standard InChI is InChI=1S/C32H29NO3/c1-35-26-18-16-24(17-19-26)28-21-33(20-23-10-4-2-5-11-23)22-32(28)30(34)27-14-8-9-15-29(27)36-31(32)25-12-6-3-7-13-25/h2-19,28,31H,20-22H2,1H3/t28-,31-,32-/m0/s1. The van der Waals surface area contributed by atoms with Crippen LogP contribution < -0.4 is 9.47 Å². The van der Waals surface area contributed by atoms with Crippen molar-refractivity contribution in [1.29, 1.82) is 0 Å². The minimum absolute atomic E-state index is 0.0434. The molecular weight excluding hydrogens is 446 g/mol. The fraction of sp³-hybridized carbons (Fsp3) is 0.219. The molecule has 0 saturated carbocycles. The number of rotatable bonds is 5. The van der Waals surface area contributed by atoms with Crippen LogP contribution in [-0.2, 0) is 6.54 Å². The second-order valence-electron chi connectivity index (χ2n) is 9.76. The first kappa shape index (κ1) is 22.6. The molecule has 0 radical (unpaired) electrons. The van der Waals surface area contributed by atoms with Crippen molar-refractivity contribution in [2.24, 2.45) is 5.41 Å². The van der Waals surface area contributed by atoms with Crippen molar-refractivity contribution in [1.82, 2.24) is 4.90 Å². The van der Waals surface area contributed by atoms with Crippen LogP contribution in [0.3, 0.4) is 0 Å². The van der Waals surface area contributed by atoms with Crippen LogP contribution in [0.5, 0.6) is 11.5 Å². The molecule has 2 aliphatic heterocycles. The first-order valence-corrected chi connectivity index (χ1v) is 12.4. The van der Waals surface area contributed by atoms with Gasteiger partial charge in [0.15, 0.2) is 5.78 Å². The van der Waals surface area contributed by atoms with Gasteiger partial charge >= 0.3 is 0 Å². The highest BCUT2D eigenvalue weighted by molar-refractivity contribution is 6.05. The lowest BCUT2D eigenvalue weighted by Crippen LogP contribution is -2.48. The number of para-hydroxylation sites is 1. The summed E-state index contributed by atoms with van der Waals surface area (Å²) in [5.41, 5.74) is 3.30. The van der Waals surface area contributed by atoms with Crippen LogP contribution >= 0.6 is 0 Å². The lowest BCUT2D eigenvalue weighted by Gasteiger charge is -2.44. The maximum atomic E-state index is 14.6. The maximum absolute atomic E-state index is 14.6. The molecule has 0 N–H and O–H groups in total. The lowest BCUT2D eigenvalue weighted by atomic mass is 9.63. The molecule has 4 aromatic rings. The minimum atomic E-state index is -0.765. The van der Waals surface area contributed by atoms with E-state index in [4.69, 9.17) is 9.47 Å². The van der Waals surface area contributed by atoms with Crippen molar-refractivity contribution in [3.05, 3.63) is 131 Å². The monoisotopic (exact) mass is 475 g/mol. The number of likely N-dealkylation sites (tertiary alicyclic amines) is 1. The van der Waals surface area contributed by atoms with Crippen molar-refractivity contribution in [2.45, 2.75) is 18.6 Å². The topological polar surface area (TPSA) is 38.8 Å². The number of fused-ring (bicyclic) bond motifs is 1. The molecule has 3 atom stereocenters. The fourth-order valence-electron chi connectivity index (χ4n) is 6.01. The van der Waals surface area contributed by atoms with E-state index in [0.717, 1.165) is 30.0 Å². The van der Waals surface area contributed by atoms with Crippen molar-refractivity contribution in [3.8, 4) is 11.5 Å². The molecule has 36 heavy (non-hydrogen) atoms. The highest BCUT2D eigenvalue weighted by Gasteiger charge is 2.61. The summed E-state index contributed by atoms with van der Waals surface area (Å²) in [6, 6.07) is 36.6. The Labute approximate surface area is 212 Å². The zero-order valence-electron chi connectivity index (χ0n) is 20.3. The number of carbonyl (C=O) groups is 1. The van der Waals surface area contributed by atoms with E-state index in [9.17, 15) is 4.79 Å². The third kappa shape index (κ3) is 3.78. The average molecular weight is 476 g/mol. The molecule has 2 aliphatic rings. The van der Waals surface area contributed by atoms with Gasteiger partial charge in [-0.2, -0.15) is 0 Å². The molecule has 4 heteroatoms. The summed E-state index contributed by atoms with van der Waals surface area (Å²) in [5.74, 6) is 1.59. The summed E-state index contributed by atoms with van der Waals surface area (Å²) in [5, 5.41) is 0. The molecule has 0 bridgehead atoms. The number of Topliss-reactive ketones (excluding diaryl/α,β-unsaturated/α-hetero) is 1. The molecule has 0 amide bonds. The van der Waals surface area contributed by atoms with E-state index in [-0.39, 0.29) is 11.7 Å². The van der Waals surface area contributed by atoms with E-state index in [1.165, 1.54) is 5.56 Å². The summed E-state index contributed by atoms with van der Waals surface area (Å²) in [7, 11) is 1.68. The van der Waals surface area contributed by atoms with Gasteiger partial charge in [-0.1, -0.05) is 84.9 Å². The quantitative estimate of drug-likeness (QED) is 0.340. The molecule has 1 fully saturated rings. The second-order valence-corrected chi connectivity index (χ2v) is 9.76. The van der Waals surface area contributed by atoms with E-state index in [2.05, 4.69) is 53.4 Å². The maximum Gasteiger partial charge on any atom is 0.178 e. The Hall–Kier alpha value is -3.89. The van der Waals surface area contributed by atoms with Gasteiger partial charge in [-0.25, -0.2) is 0 Å². The third-order valence-corrected chi connectivity index (χ3v) is 7.68. The van der Waals surface area contributed by atoms with Gasteiger partial charge in [-0.3, -0.25) is 9.69 Å². The Balaban J connectivity index is 1.51. The fourth-order valence-corrected chi connectivity index (χ4v) is 6.01. The summed E-state index contributed by atoms with van der Waals surface area (Å²) >= 11 is 0. The predicted molar refractivity (Wildman–Crippen MR) is 140 cm³/mol. The van der Waals surface area contributed by atoms with Crippen LogP contribution in [0.25, 0.3) is 0 Å². The van der Waals surface area contributed by atoms with E-state index in [1.54, 1.807) is 7.11 Å². The minimum Gasteiger partial charge on any atom is -0.497 e. The highest BCUT2D eigenvalue weighted by atomic mass is 16.5. The molecule has 1 spiro atoms. The second kappa shape index (κ2) is 9.29. The number of nitrogens with zero attached hydrogens (tertiary/aromatic N) is 1. The molecule has 0 unspecified atom stereocenters.